The molecule has 1 aromatic heterocycles. The van der Waals surface area contributed by atoms with Gasteiger partial charge in [-0.3, -0.25) is 14.9 Å². The molecule has 0 aliphatic heterocycles. The Bertz CT molecular complexity index is 772. The van der Waals surface area contributed by atoms with Crippen molar-refractivity contribution in [3.63, 3.8) is 0 Å². The molecule has 1 amide bonds. The average molecular weight is 333 g/mol. The topological polar surface area (TPSA) is 140 Å². The van der Waals surface area contributed by atoms with Crippen molar-refractivity contribution in [3.05, 3.63) is 46.5 Å². The molecule has 0 aliphatic carbocycles. The fraction of sp³-hybridized carbons (Fsp3) is 0.286. The first-order valence-corrected chi connectivity index (χ1v) is 6.98. The van der Waals surface area contributed by atoms with Crippen molar-refractivity contribution in [3.8, 4) is 5.69 Å². The van der Waals surface area contributed by atoms with E-state index >= 15 is 0 Å². The summed E-state index contributed by atoms with van der Waals surface area (Å²) in [6.07, 6.45) is 2.52. The van der Waals surface area contributed by atoms with E-state index in [2.05, 4.69) is 15.4 Å². The molecular weight excluding hydrogens is 318 g/mol. The van der Waals surface area contributed by atoms with Crippen molar-refractivity contribution in [2.24, 2.45) is 5.92 Å². The van der Waals surface area contributed by atoms with Gasteiger partial charge in [-0.1, -0.05) is 13.8 Å². The Morgan fingerprint density at radius 3 is 2.58 bits per heavy atom. The monoisotopic (exact) mass is 333 g/mol. The molecule has 1 aromatic carbocycles. The molecule has 10 heteroatoms. The molecular formula is C14H15N5O5. The maximum atomic E-state index is 12.2. The Hall–Kier alpha value is -3.30. The number of aliphatic carboxylic acids is 1. The predicted molar refractivity (Wildman–Crippen MR) is 81.7 cm³/mol. The van der Waals surface area contributed by atoms with Crippen LogP contribution in [0.3, 0.4) is 0 Å². The van der Waals surface area contributed by atoms with Gasteiger partial charge in [0.25, 0.3) is 11.6 Å². The Morgan fingerprint density at radius 1 is 1.38 bits per heavy atom. The third kappa shape index (κ3) is 3.54. The van der Waals surface area contributed by atoms with Gasteiger partial charge >= 0.3 is 5.97 Å². The van der Waals surface area contributed by atoms with Crippen molar-refractivity contribution in [2.45, 2.75) is 19.9 Å². The smallest absolute Gasteiger partial charge is 0.326 e. The number of nitro benzene ring substituents is 1. The fourth-order valence-electron chi connectivity index (χ4n) is 2.08. The first-order chi connectivity index (χ1) is 11.3. The summed E-state index contributed by atoms with van der Waals surface area (Å²) in [5.74, 6) is -2.22. The lowest BCUT2D eigenvalue weighted by atomic mass is 10.0. The van der Waals surface area contributed by atoms with Gasteiger partial charge in [0, 0.05) is 11.6 Å². The van der Waals surface area contributed by atoms with Gasteiger partial charge in [-0.15, -0.1) is 0 Å². The molecule has 2 rings (SSSR count). The van der Waals surface area contributed by atoms with E-state index in [0.717, 1.165) is 6.07 Å². The third-order valence-electron chi connectivity index (χ3n) is 3.32. The molecule has 2 N–H and O–H groups in total. The zero-order chi connectivity index (χ0) is 17.9. The molecule has 1 heterocycles. The van der Waals surface area contributed by atoms with Crippen LogP contribution in [0.4, 0.5) is 5.69 Å². The Morgan fingerprint density at radius 2 is 2.08 bits per heavy atom. The molecule has 0 fully saturated rings. The second-order valence-corrected chi connectivity index (χ2v) is 5.33. The van der Waals surface area contributed by atoms with Crippen LogP contribution < -0.4 is 5.32 Å². The van der Waals surface area contributed by atoms with Crippen LogP contribution in [0.5, 0.6) is 0 Å². The molecule has 2 aromatic rings. The van der Waals surface area contributed by atoms with Crippen LogP contribution in [0.2, 0.25) is 0 Å². The van der Waals surface area contributed by atoms with Crippen molar-refractivity contribution in [1.29, 1.82) is 0 Å². The quantitative estimate of drug-likeness (QED) is 0.593. The number of nitrogens with zero attached hydrogens (tertiary/aromatic N) is 4. The standard InChI is InChI=1S/C14H15N5O5/c1-8(2)12(14(21)22)17-13(20)9-3-4-10(11(5-9)19(23)24)18-7-15-6-16-18/h3-8,12H,1-2H3,(H,17,20)(H,21,22)/t12-/m1/s1. The molecule has 0 aliphatic rings. The SMILES string of the molecule is CC(C)[C@@H](NC(=O)c1ccc(-n2cncn2)c([N+](=O)[O-])c1)C(=O)O. The largest absolute Gasteiger partial charge is 0.480 e. The van der Waals surface area contributed by atoms with Crippen LogP contribution in [0, 0.1) is 16.0 Å². The predicted octanol–water partition coefficient (Wildman–Crippen LogP) is 1.01. The minimum atomic E-state index is -1.17. The van der Waals surface area contributed by atoms with Gasteiger partial charge in [0.2, 0.25) is 0 Å². The van der Waals surface area contributed by atoms with E-state index in [1.807, 2.05) is 0 Å². The molecule has 0 spiro atoms. The van der Waals surface area contributed by atoms with Crippen molar-refractivity contribution in [1.82, 2.24) is 20.1 Å². The van der Waals surface area contributed by atoms with E-state index in [0.29, 0.717) is 0 Å². The highest BCUT2D eigenvalue weighted by atomic mass is 16.6. The van der Waals surface area contributed by atoms with Crippen LogP contribution in [0.15, 0.2) is 30.9 Å². The highest BCUT2D eigenvalue weighted by Gasteiger charge is 2.25. The number of carbonyl (C=O) groups excluding carboxylic acids is 1. The number of hydrogen-bond acceptors (Lipinski definition) is 6. The van der Waals surface area contributed by atoms with Gasteiger partial charge in [-0.2, -0.15) is 5.10 Å². The zero-order valence-corrected chi connectivity index (χ0v) is 12.9. The van der Waals surface area contributed by atoms with Gasteiger partial charge < -0.3 is 10.4 Å². The van der Waals surface area contributed by atoms with Crippen LogP contribution in [-0.2, 0) is 4.79 Å². The minimum absolute atomic E-state index is 0.0162. The number of carbonyl (C=O) groups is 2. The normalized spacial score (nSPS) is 12.0. The first-order valence-electron chi connectivity index (χ1n) is 6.98. The Kier molecular flexibility index (Phi) is 4.87. The van der Waals surface area contributed by atoms with Gasteiger partial charge in [0.05, 0.1) is 4.92 Å². The summed E-state index contributed by atoms with van der Waals surface area (Å²) in [6.45, 7) is 3.30. The van der Waals surface area contributed by atoms with Crippen LogP contribution in [0.25, 0.3) is 5.69 Å². The van der Waals surface area contributed by atoms with Gasteiger partial charge in [-0.05, 0) is 18.1 Å². The Balaban J connectivity index is 2.35. The summed E-state index contributed by atoms with van der Waals surface area (Å²) in [7, 11) is 0. The van der Waals surface area contributed by atoms with Crippen molar-refractivity contribution in [2.75, 3.05) is 0 Å². The lowest BCUT2D eigenvalue weighted by molar-refractivity contribution is -0.384. The highest BCUT2D eigenvalue weighted by molar-refractivity contribution is 5.97. The van der Waals surface area contributed by atoms with Gasteiger partial charge in [0.15, 0.2) is 0 Å². The fourth-order valence-corrected chi connectivity index (χ4v) is 2.08. The van der Waals surface area contributed by atoms with Gasteiger partial charge in [-0.25, -0.2) is 14.5 Å². The van der Waals surface area contributed by atoms with Crippen LogP contribution in [-0.4, -0.2) is 42.7 Å². The highest BCUT2D eigenvalue weighted by Crippen LogP contribution is 2.23. The van der Waals surface area contributed by atoms with E-state index < -0.39 is 22.8 Å². The second kappa shape index (κ2) is 6.86. The number of benzene rings is 1. The van der Waals surface area contributed by atoms with E-state index in [-0.39, 0.29) is 22.9 Å². The van der Waals surface area contributed by atoms with E-state index in [4.69, 9.17) is 5.11 Å². The number of aromatic nitrogens is 3. The molecule has 0 saturated carbocycles. The van der Waals surface area contributed by atoms with E-state index in [1.54, 1.807) is 13.8 Å². The van der Waals surface area contributed by atoms with E-state index in [9.17, 15) is 19.7 Å². The summed E-state index contributed by atoms with van der Waals surface area (Å²) in [5, 5.41) is 26.5. The molecule has 24 heavy (non-hydrogen) atoms. The third-order valence-corrected chi connectivity index (χ3v) is 3.32. The molecule has 126 valence electrons. The average Bonchev–Trinajstić information content (AvgIpc) is 3.05. The lowest BCUT2D eigenvalue weighted by Crippen LogP contribution is -2.44. The van der Waals surface area contributed by atoms with Crippen LogP contribution in [0.1, 0.15) is 24.2 Å². The van der Waals surface area contributed by atoms with E-state index in [1.165, 1.54) is 29.5 Å². The van der Waals surface area contributed by atoms with Crippen molar-refractivity contribution >= 4 is 17.6 Å². The summed E-state index contributed by atoms with van der Waals surface area (Å²) in [4.78, 5) is 37.7. The second-order valence-electron chi connectivity index (χ2n) is 5.33. The summed E-state index contributed by atoms with van der Waals surface area (Å²) in [5.41, 5.74) is -0.213. The van der Waals surface area contributed by atoms with Gasteiger partial charge in [0.1, 0.15) is 24.4 Å². The number of nitro groups is 1. The zero-order valence-electron chi connectivity index (χ0n) is 12.9. The molecule has 10 nitrogen and oxygen atoms in total. The summed E-state index contributed by atoms with van der Waals surface area (Å²) >= 11 is 0. The maximum absolute atomic E-state index is 12.2. The number of amides is 1. The summed E-state index contributed by atoms with van der Waals surface area (Å²) in [6, 6.07) is 2.70. The molecule has 0 radical (unpaired) electrons. The number of hydrogen-bond donors (Lipinski definition) is 2. The lowest BCUT2D eigenvalue weighted by Gasteiger charge is -2.17. The molecule has 1 atom stereocenters. The number of carboxylic acid groups (broad SMARTS) is 1. The summed E-state index contributed by atoms with van der Waals surface area (Å²) < 4.78 is 1.20. The number of nitrogens with one attached hydrogen (secondary N) is 1. The first kappa shape index (κ1) is 17.1. The number of rotatable bonds is 6. The number of carboxylic acids is 1. The maximum Gasteiger partial charge on any atom is 0.326 e. The van der Waals surface area contributed by atoms with Crippen molar-refractivity contribution < 1.29 is 19.6 Å². The molecule has 0 saturated heterocycles. The molecule has 0 bridgehead atoms. The Labute approximate surface area is 136 Å². The molecule has 0 unspecified atom stereocenters. The minimum Gasteiger partial charge on any atom is -0.480 e. The van der Waals surface area contributed by atoms with Crippen LogP contribution >= 0.6 is 0 Å².